The van der Waals surface area contributed by atoms with Crippen molar-refractivity contribution in [3.8, 4) is 0 Å². The molecular formula is C9H16BrNO2. The summed E-state index contributed by atoms with van der Waals surface area (Å²) in [5, 5.41) is 11.9. The number of carbonyl (C=O) groups is 1. The lowest BCUT2D eigenvalue weighted by molar-refractivity contribution is -0.123. The summed E-state index contributed by atoms with van der Waals surface area (Å²) >= 11 is 3.28. The van der Waals surface area contributed by atoms with Crippen molar-refractivity contribution < 1.29 is 9.90 Å². The van der Waals surface area contributed by atoms with E-state index in [9.17, 15) is 4.79 Å². The Bertz CT molecular complexity index is 194. The highest BCUT2D eigenvalue weighted by Gasteiger charge is 2.29. The quantitative estimate of drug-likeness (QED) is 0.735. The van der Waals surface area contributed by atoms with E-state index in [-0.39, 0.29) is 12.0 Å². The molecule has 1 saturated carbocycles. The first-order chi connectivity index (χ1) is 5.89. The van der Waals surface area contributed by atoms with Gasteiger partial charge in [0, 0.05) is 6.54 Å². The van der Waals surface area contributed by atoms with Gasteiger partial charge in [0.05, 0.1) is 10.4 Å². The Labute approximate surface area is 87.0 Å². The molecule has 1 aliphatic carbocycles. The minimum absolute atomic E-state index is 0.00823. The van der Waals surface area contributed by atoms with E-state index in [0.29, 0.717) is 12.5 Å². The molecule has 13 heavy (non-hydrogen) atoms. The molecule has 0 aromatic rings. The number of hydrogen-bond acceptors (Lipinski definition) is 2. The van der Waals surface area contributed by atoms with Crippen LogP contribution in [0.4, 0.5) is 0 Å². The predicted molar refractivity (Wildman–Crippen MR) is 54.7 cm³/mol. The van der Waals surface area contributed by atoms with Crippen LogP contribution in [0.5, 0.6) is 0 Å². The van der Waals surface area contributed by atoms with Gasteiger partial charge in [-0.15, -0.1) is 0 Å². The number of nitrogens with one attached hydrogen (secondary N) is 1. The molecule has 1 fully saturated rings. The molecule has 0 spiro atoms. The van der Waals surface area contributed by atoms with E-state index >= 15 is 0 Å². The fourth-order valence-corrected chi connectivity index (χ4v) is 1.45. The van der Waals surface area contributed by atoms with Crippen LogP contribution in [0.15, 0.2) is 0 Å². The van der Waals surface area contributed by atoms with E-state index in [1.807, 2.05) is 13.8 Å². The van der Waals surface area contributed by atoms with Crippen LogP contribution in [0, 0.1) is 5.92 Å². The van der Waals surface area contributed by atoms with E-state index in [4.69, 9.17) is 5.11 Å². The van der Waals surface area contributed by atoms with Crippen molar-refractivity contribution in [2.45, 2.75) is 37.1 Å². The van der Waals surface area contributed by atoms with Gasteiger partial charge < -0.3 is 10.4 Å². The third-order valence-electron chi connectivity index (χ3n) is 2.30. The molecule has 3 nitrogen and oxygen atoms in total. The first-order valence-electron chi connectivity index (χ1n) is 4.55. The minimum Gasteiger partial charge on any atom is -0.393 e. The van der Waals surface area contributed by atoms with Crippen LogP contribution in [0.3, 0.4) is 0 Å². The summed E-state index contributed by atoms with van der Waals surface area (Å²) < 4.78 is -0.491. The fourth-order valence-electron chi connectivity index (χ4n) is 1.31. The summed E-state index contributed by atoms with van der Waals surface area (Å²) in [6, 6.07) is 0. The molecular weight excluding hydrogens is 234 g/mol. The molecule has 1 aliphatic rings. The molecule has 0 radical (unpaired) electrons. The van der Waals surface area contributed by atoms with Crippen LogP contribution in [-0.2, 0) is 4.79 Å². The van der Waals surface area contributed by atoms with Crippen LogP contribution in [0.1, 0.15) is 26.7 Å². The minimum atomic E-state index is -0.491. The van der Waals surface area contributed by atoms with Crippen LogP contribution in [0.2, 0.25) is 0 Å². The molecule has 0 atom stereocenters. The molecule has 0 saturated heterocycles. The van der Waals surface area contributed by atoms with Gasteiger partial charge in [-0.1, -0.05) is 15.9 Å². The lowest BCUT2D eigenvalue weighted by Crippen LogP contribution is -2.43. The summed E-state index contributed by atoms with van der Waals surface area (Å²) in [5.74, 6) is 0.475. The zero-order valence-electron chi connectivity index (χ0n) is 8.01. The average molecular weight is 250 g/mol. The molecule has 0 aromatic heterocycles. The Morgan fingerprint density at radius 2 is 2.15 bits per heavy atom. The monoisotopic (exact) mass is 249 g/mol. The van der Waals surface area contributed by atoms with Crippen molar-refractivity contribution in [1.29, 1.82) is 0 Å². The molecule has 0 aliphatic heterocycles. The highest BCUT2D eigenvalue weighted by molar-refractivity contribution is 9.10. The number of aliphatic hydroxyl groups is 1. The first kappa shape index (κ1) is 11.0. The molecule has 2 N–H and O–H groups in total. The molecule has 4 heteroatoms. The highest BCUT2D eigenvalue weighted by atomic mass is 79.9. The largest absolute Gasteiger partial charge is 0.393 e. The number of carbonyl (C=O) groups excluding carboxylic acids is 1. The SMILES string of the molecule is CC(C)(Br)C(=O)NCC1CC(O)C1. The van der Waals surface area contributed by atoms with Crippen molar-refractivity contribution >= 4 is 21.8 Å². The lowest BCUT2D eigenvalue weighted by Gasteiger charge is -2.32. The fraction of sp³-hybridized carbons (Fsp3) is 0.889. The average Bonchev–Trinajstić information content (AvgIpc) is 1.93. The third kappa shape index (κ3) is 3.27. The second kappa shape index (κ2) is 3.96. The smallest absolute Gasteiger partial charge is 0.236 e. The number of halogens is 1. The van der Waals surface area contributed by atoms with Crippen LogP contribution >= 0.6 is 15.9 Å². The maximum Gasteiger partial charge on any atom is 0.236 e. The third-order valence-corrected chi connectivity index (χ3v) is 2.66. The van der Waals surface area contributed by atoms with Gasteiger partial charge in [-0.05, 0) is 32.6 Å². The zero-order valence-corrected chi connectivity index (χ0v) is 9.60. The van der Waals surface area contributed by atoms with Crippen molar-refractivity contribution in [3.05, 3.63) is 0 Å². The maximum atomic E-state index is 11.4. The number of aliphatic hydroxyl groups excluding tert-OH is 1. The van der Waals surface area contributed by atoms with Crippen LogP contribution in [0.25, 0.3) is 0 Å². The van der Waals surface area contributed by atoms with Gasteiger partial charge in [0.2, 0.25) is 5.91 Å². The van der Waals surface area contributed by atoms with Gasteiger partial charge in [0.1, 0.15) is 0 Å². The summed E-state index contributed by atoms with van der Waals surface area (Å²) in [6.45, 7) is 4.32. The highest BCUT2D eigenvalue weighted by Crippen LogP contribution is 2.26. The second-order valence-electron chi connectivity index (χ2n) is 4.17. The Morgan fingerprint density at radius 1 is 1.62 bits per heavy atom. The second-order valence-corrected chi connectivity index (χ2v) is 6.16. The van der Waals surface area contributed by atoms with Crippen molar-refractivity contribution in [3.63, 3.8) is 0 Å². The summed E-state index contributed by atoms with van der Waals surface area (Å²) in [4.78, 5) is 11.4. The van der Waals surface area contributed by atoms with Crippen molar-refractivity contribution in [2.75, 3.05) is 6.54 Å². The number of alkyl halides is 1. The van der Waals surface area contributed by atoms with Gasteiger partial charge >= 0.3 is 0 Å². The standard InChI is InChI=1S/C9H16BrNO2/c1-9(2,10)8(13)11-5-6-3-7(12)4-6/h6-7,12H,3-5H2,1-2H3,(H,11,13). The summed E-state index contributed by atoms with van der Waals surface area (Å²) in [6.07, 6.45) is 1.50. The van der Waals surface area contributed by atoms with Crippen molar-refractivity contribution in [2.24, 2.45) is 5.92 Å². The topological polar surface area (TPSA) is 49.3 Å². The van der Waals surface area contributed by atoms with Crippen molar-refractivity contribution in [1.82, 2.24) is 5.32 Å². The maximum absolute atomic E-state index is 11.4. The zero-order chi connectivity index (χ0) is 10.1. The van der Waals surface area contributed by atoms with Gasteiger partial charge in [-0.3, -0.25) is 4.79 Å². The number of hydrogen-bond donors (Lipinski definition) is 2. The van der Waals surface area contributed by atoms with E-state index in [1.165, 1.54) is 0 Å². The number of rotatable bonds is 3. The molecule has 1 rings (SSSR count). The molecule has 0 bridgehead atoms. The summed E-state index contributed by atoms with van der Waals surface area (Å²) in [7, 11) is 0. The Kier molecular flexibility index (Phi) is 3.35. The lowest BCUT2D eigenvalue weighted by atomic mass is 9.82. The number of amides is 1. The van der Waals surface area contributed by atoms with Crippen LogP contribution < -0.4 is 5.32 Å². The molecule has 76 valence electrons. The summed E-state index contributed by atoms with van der Waals surface area (Å²) in [5.41, 5.74) is 0. The Morgan fingerprint density at radius 3 is 2.54 bits per heavy atom. The van der Waals surface area contributed by atoms with Gasteiger partial charge in [0.15, 0.2) is 0 Å². The predicted octanol–water partition coefficient (Wildman–Crippen LogP) is 1.05. The normalized spacial score (nSPS) is 28.0. The van der Waals surface area contributed by atoms with E-state index in [0.717, 1.165) is 12.8 Å². The molecule has 1 amide bonds. The van der Waals surface area contributed by atoms with Gasteiger partial charge in [-0.2, -0.15) is 0 Å². The Balaban J connectivity index is 2.16. The molecule has 0 aromatic carbocycles. The first-order valence-corrected chi connectivity index (χ1v) is 5.34. The van der Waals surface area contributed by atoms with E-state index in [1.54, 1.807) is 0 Å². The van der Waals surface area contributed by atoms with Gasteiger partial charge in [0.25, 0.3) is 0 Å². The Hall–Kier alpha value is -0.0900. The van der Waals surface area contributed by atoms with Crippen LogP contribution in [-0.4, -0.2) is 28.0 Å². The molecule has 0 unspecified atom stereocenters. The molecule has 0 heterocycles. The van der Waals surface area contributed by atoms with Gasteiger partial charge in [-0.25, -0.2) is 0 Å². The van der Waals surface area contributed by atoms with E-state index < -0.39 is 4.32 Å². The van der Waals surface area contributed by atoms with E-state index in [2.05, 4.69) is 21.2 Å².